The minimum absolute atomic E-state index is 0.0192. The van der Waals surface area contributed by atoms with Crippen LogP contribution in [0.25, 0.3) is 0 Å². The molecule has 0 fully saturated rings. The highest BCUT2D eigenvalue weighted by atomic mass is 79.9. The molecule has 6 heteroatoms. The molecule has 0 aliphatic rings. The summed E-state index contributed by atoms with van der Waals surface area (Å²) in [7, 11) is 0. The summed E-state index contributed by atoms with van der Waals surface area (Å²) >= 11 is 4.75. The zero-order valence-electron chi connectivity index (χ0n) is 11.9. The Morgan fingerprint density at radius 3 is 2.90 bits per heavy atom. The third kappa shape index (κ3) is 3.89. The van der Waals surface area contributed by atoms with E-state index in [0.717, 1.165) is 27.3 Å². The maximum Gasteiger partial charge on any atom is 0.313 e. The summed E-state index contributed by atoms with van der Waals surface area (Å²) in [6.07, 6.45) is 2.69. The van der Waals surface area contributed by atoms with E-state index >= 15 is 0 Å². The van der Waals surface area contributed by atoms with Crippen LogP contribution in [0.15, 0.2) is 40.1 Å². The van der Waals surface area contributed by atoms with Crippen molar-refractivity contribution >= 4 is 33.7 Å². The Labute approximate surface area is 136 Å². The van der Waals surface area contributed by atoms with Crippen molar-refractivity contribution in [2.75, 3.05) is 5.75 Å². The van der Waals surface area contributed by atoms with Gasteiger partial charge in [-0.3, -0.25) is 4.79 Å². The normalized spacial score (nSPS) is 12.3. The molecule has 1 aromatic carbocycles. The molecule has 1 N–H and O–H groups in total. The molecule has 0 aliphatic carbocycles. The van der Waals surface area contributed by atoms with Crippen molar-refractivity contribution in [3.8, 4) is 0 Å². The average molecular weight is 369 g/mol. The minimum atomic E-state index is -0.831. The molecule has 0 saturated heterocycles. The van der Waals surface area contributed by atoms with Crippen molar-refractivity contribution in [2.24, 2.45) is 0 Å². The van der Waals surface area contributed by atoms with E-state index in [-0.39, 0.29) is 11.8 Å². The second-order valence-electron chi connectivity index (χ2n) is 4.67. The number of rotatable bonds is 6. The molecule has 0 saturated carbocycles. The topological polar surface area (TPSA) is 55.1 Å². The van der Waals surface area contributed by atoms with Gasteiger partial charge in [-0.25, -0.2) is 4.98 Å². The number of aliphatic carboxylic acids is 1. The summed E-state index contributed by atoms with van der Waals surface area (Å²) in [5.74, 6) is -0.812. The zero-order chi connectivity index (χ0) is 15.4. The molecule has 0 amide bonds. The Morgan fingerprint density at radius 2 is 2.29 bits per heavy atom. The number of halogens is 1. The van der Waals surface area contributed by atoms with Crippen LogP contribution in [0, 0.1) is 0 Å². The van der Waals surface area contributed by atoms with Crippen LogP contribution >= 0.6 is 27.7 Å². The Balaban J connectivity index is 2.36. The highest BCUT2D eigenvalue weighted by Crippen LogP contribution is 2.28. The fourth-order valence-corrected chi connectivity index (χ4v) is 3.41. The van der Waals surface area contributed by atoms with Gasteiger partial charge in [0.2, 0.25) is 0 Å². The SMILES string of the molecule is CCc1cnc(SCC(=O)O)n1C(C)c1cccc(Br)c1. The van der Waals surface area contributed by atoms with Crippen LogP contribution < -0.4 is 0 Å². The fraction of sp³-hybridized carbons (Fsp3) is 0.333. The van der Waals surface area contributed by atoms with Gasteiger partial charge in [0, 0.05) is 16.4 Å². The van der Waals surface area contributed by atoms with E-state index in [4.69, 9.17) is 5.11 Å². The molecule has 1 heterocycles. The van der Waals surface area contributed by atoms with Gasteiger partial charge < -0.3 is 9.67 Å². The van der Waals surface area contributed by atoms with E-state index in [1.807, 2.05) is 18.3 Å². The smallest absolute Gasteiger partial charge is 0.313 e. The lowest BCUT2D eigenvalue weighted by Gasteiger charge is -2.19. The van der Waals surface area contributed by atoms with E-state index in [9.17, 15) is 4.79 Å². The first kappa shape index (κ1) is 16.1. The monoisotopic (exact) mass is 368 g/mol. The third-order valence-electron chi connectivity index (χ3n) is 3.24. The van der Waals surface area contributed by atoms with Gasteiger partial charge in [0.25, 0.3) is 0 Å². The summed E-state index contributed by atoms with van der Waals surface area (Å²) in [5, 5.41) is 9.61. The zero-order valence-corrected chi connectivity index (χ0v) is 14.3. The highest BCUT2D eigenvalue weighted by molar-refractivity contribution is 9.10. The lowest BCUT2D eigenvalue weighted by molar-refractivity contribution is -0.133. The minimum Gasteiger partial charge on any atom is -0.481 e. The van der Waals surface area contributed by atoms with Gasteiger partial charge in [-0.1, -0.05) is 46.7 Å². The number of carbonyl (C=O) groups is 1. The number of hydrogen-bond donors (Lipinski definition) is 1. The van der Waals surface area contributed by atoms with E-state index in [1.54, 1.807) is 0 Å². The number of benzene rings is 1. The Hall–Kier alpha value is -1.27. The van der Waals surface area contributed by atoms with Crippen molar-refractivity contribution in [1.82, 2.24) is 9.55 Å². The molecule has 4 nitrogen and oxygen atoms in total. The quantitative estimate of drug-likeness (QED) is 0.783. The molecule has 0 aliphatic heterocycles. The molecule has 1 unspecified atom stereocenters. The van der Waals surface area contributed by atoms with Gasteiger partial charge in [-0.05, 0) is 31.0 Å². The molecule has 0 bridgehead atoms. The first-order valence-electron chi connectivity index (χ1n) is 6.69. The van der Waals surface area contributed by atoms with Crippen molar-refractivity contribution in [3.05, 3.63) is 46.2 Å². The molecule has 1 aromatic heterocycles. The number of aryl methyl sites for hydroxylation is 1. The Morgan fingerprint density at radius 1 is 1.52 bits per heavy atom. The van der Waals surface area contributed by atoms with E-state index in [1.165, 1.54) is 11.8 Å². The van der Waals surface area contributed by atoms with Crippen LogP contribution in [0.1, 0.15) is 31.1 Å². The number of aromatic nitrogens is 2. The third-order valence-corrected chi connectivity index (χ3v) is 4.69. The number of carboxylic acids is 1. The first-order chi connectivity index (χ1) is 10.0. The van der Waals surface area contributed by atoms with Crippen molar-refractivity contribution < 1.29 is 9.90 Å². The summed E-state index contributed by atoms with van der Waals surface area (Å²) < 4.78 is 3.15. The second kappa shape index (κ2) is 7.13. The van der Waals surface area contributed by atoms with Gasteiger partial charge in [0.15, 0.2) is 5.16 Å². The van der Waals surface area contributed by atoms with E-state index in [0.29, 0.717) is 0 Å². The van der Waals surface area contributed by atoms with E-state index in [2.05, 4.69) is 51.5 Å². The summed E-state index contributed by atoms with van der Waals surface area (Å²) in [6.45, 7) is 4.18. The molecule has 0 radical (unpaired) electrons. The highest BCUT2D eigenvalue weighted by Gasteiger charge is 2.17. The molecule has 112 valence electrons. The van der Waals surface area contributed by atoms with Gasteiger partial charge in [0.1, 0.15) is 0 Å². The number of imidazole rings is 1. The van der Waals surface area contributed by atoms with Gasteiger partial charge in [-0.2, -0.15) is 0 Å². The lowest BCUT2D eigenvalue weighted by atomic mass is 10.1. The molecule has 2 aromatic rings. The number of nitrogens with zero attached hydrogens (tertiary/aromatic N) is 2. The Bertz CT molecular complexity index is 642. The predicted octanol–water partition coefficient (Wildman–Crippen LogP) is 3.99. The Kier molecular flexibility index (Phi) is 5.47. The molecule has 0 spiro atoms. The fourth-order valence-electron chi connectivity index (χ4n) is 2.20. The van der Waals surface area contributed by atoms with Crippen LogP contribution in [-0.4, -0.2) is 26.4 Å². The van der Waals surface area contributed by atoms with Crippen LogP contribution in [0.3, 0.4) is 0 Å². The molecular formula is C15H17BrN2O2S. The van der Waals surface area contributed by atoms with Gasteiger partial charge >= 0.3 is 5.97 Å². The largest absolute Gasteiger partial charge is 0.481 e. The number of thioether (sulfide) groups is 1. The number of hydrogen-bond acceptors (Lipinski definition) is 3. The molecular weight excluding hydrogens is 352 g/mol. The van der Waals surface area contributed by atoms with Gasteiger partial charge in [-0.15, -0.1) is 0 Å². The second-order valence-corrected chi connectivity index (χ2v) is 6.53. The van der Waals surface area contributed by atoms with Crippen molar-refractivity contribution in [3.63, 3.8) is 0 Å². The van der Waals surface area contributed by atoms with Gasteiger partial charge in [0.05, 0.1) is 11.8 Å². The molecule has 2 rings (SSSR count). The number of carboxylic acid groups (broad SMARTS) is 1. The maximum atomic E-state index is 10.8. The van der Waals surface area contributed by atoms with Crippen LogP contribution in [0.4, 0.5) is 0 Å². The summed E-state index contributed by atoms with van der Waals surface area (Å²) in [4.78, 5) is 15.2. The van der Waals surface area contributed by atoms with E-state index < -0.39 is 5.97 Å². The van der Waals surface area contributed by atoms with Crippen molar-refractivity contribution in [1.29, 1.82) is 0 Å². The van der Waals surface area contributed by atoms with Crippen LogP contribution in [0.2, 0.25) is 0 Å². The average Bonchev–Trinajstić information content (AvgIpc) is 2.87. The summed E-state index contributed by atoms with van der Waals surface area (Å²) in [6, 6.07) is 8.25. The maximum absolute atomic E-state index is 10.8. The van der Waals surface area contributed by atoms with Crippen LogP contribution in [0.5, 0.6) is 0 Å². The summed E-state index contributed by atoms with van der Waals surface area (Å²) in [5.41, 5.74) is 2.27. The lowest BCUT2D eigenvalue weighted by Crippen LogP contribution is -2.12. The van der Waals surface area contributed by atoms with Crippen LogP contribution in [-0.2, 0) is 11.2 Å². The standard InChI is InChI=1S/C15H17BrN2O2S/c1-3-13-8-17-15(21-9-14(19)20)18(13)10(2)11-5-4-6-12(16)7-11/h4-8,10H,3,9H2,1-2H3,(H,19,20). The first-order valence-corrected chi connectivity index (χ1v) is 8.47. The predicted molar refractivity (Wildman–Crippen MR) is 87.9 cm³/mol. The molecule has 1 atom stereocenters. The molecule has 21 heavy (non-hydrogen) atoms. The van der Waals surface area contributed by atoms with Crippen molar-refractivity contribution in [2.45, 2.75) is 31.5 Å².